The van der Waals surface area contributed by atoms with Crippen molar-refractivity contribution in [3.05, 3.63) is 12.7 Å². The zero-order valence-corrected chi connectivity index (χ0v) is 10.8. The molecule has 0 heterocycles. The summed E-state index contributed by atoms with van der Waals surface area (Å²) in [5.41, 5.74) is 0.154. The van der Waals surface area contributed by atoms with Crippen molar-refractivity contribution in [3.63, 3.8) is 0 Å². The highest BCUT2D eigenvalue weighted by Gasteiger charge is 2.17. The van der Waals surface area contributed by atoms with Gasteiger partial charge in [0.05, 0.1) is 0 Å². The van der Waals surface area contributed by atoms with Gasteiger partial charge in [0.15, 0.2) is 0 Å². The fraction of sp³-hybridized carbons (Fsp3) is 0.818. The van der Waals surface area contributed by atoms with E-state index < -0.39 is 0 Å². The predicted octanol–water partition coefficient (Wildman–Crippen LogP) is 3.02. The molecule has 2 nitrogen and oxygen atoms in total. The van der Waals surface area contributed by atoms with Crippen LogP contribution in [0, 0.1) is 5.41 Å². The van der Waals surface area contributed by atoms with Crippen molar-refractivity contribution in [1.82, 2.24) is 0 Å². The van der Waals surface area contributed by atoms with Crippen LogP contribution < -0.4 is 0 Å². The average Bonchev–Trinajstić information content (AvgIpc) is 2.23. The number of methoxy groups -OCH3 is 1. The third kappa shape index (κ3) is 6.57. The maximum absolute atomic E-state index is 5.49. The first-order valence-corrected chi connectivity index (χ1v) is 6.07. The number of hydrogen-bond acceptors (Lipinski definition) is 2. The van der Waals surface area contributed by atoms with E-state index in [-0.39, 0.29) is 5.41 Å². The van der Waals surface area contributed by atoms with Crippen molar-refractivity contribution in [2.45, 2.75) is 19.8 Å². The van der Waals surface area contributed by atoms with E-state index >= 15 is 0 Å². The molecule has 0 aliphatic carbocycles. The van der Waals surface area contributed by atoms with Gasteiger partial charge in [0, 0.05) is 32.3 Å². The Bertz CT molecular complexity index is 150. The van der Waals surface area contributed by atoms with Crippen molar-refractivity contribution >= 4 is 15.9 Å². The zero-order chi connectivity index (χ0) is 10.9. The van der Waals surface area contributed by atoms with Crippen LogP contribution in [0.1, 0.15) is 19.8 Å². The molecule has 0 fully saturated rings. The van der Waals surface area contributed by atoms with Gasteiger partial charge in [-0.1, -0.05) is 28.9 Å². The lowest BCUT2D eigenvalue weighted by molar-refractivity contribution is 0.0903. The summed E-state index contributed by atoms with van der Waals surface area (Å²) in [4.78, 5) is 0. The number of alkyl halides is 1. The van der Waals surface area contributed by atoms with Crippen LogP contribution in [0.15, 0.2) is 12.7 Å². The number of hydrogen-bond donors (Lipinski definition) is 0. The summed E-state index contributed by atoms with van der Waals surface area (Å²) < 4.78 is 10.4. The van der Waals surface area contributed by atoms with Gasteiger partial charge in [-0.2, -0.15) is 0 Å². The molecule has 0 N–H and O–H groups in total. The Labute approximate surface area is 95.8 Å². The average molecular weight is 265 g/mol. The molecule has 0 radical (unpaired) electrons. The molecule has 3 heteroatoms. The van der Waals surface area contributed by atoms with E-state index in [1.807, 2.05) is 6.08 Å². The van der Waals surface area contributed by atoms with Crippen LogP contribution in [-0.4, -0.2) is 32.3 Å². The molecule has 0 spiro atoms. The van der Waals surface area contributed by atoms with Crippen LogP contribution in [-0.2, 0) is 9.47 Å². The highest BCUT2D eigenvalue weighted by atomic mass is 79.9. The molecule has 0 saturated heterocycles. The quantitative estimate of drug-likeness (QED) is 0.362. The van der Waals surface area contributed by atoms with Crippen LogP contribution in [0.25, 0.3) is 0 Å². The van der Waals surface area contributed by atoms with E-state index in [0.717, 1.165) is 38.0 Å². The number of allylic oxidation sites excluding steroid dienone is 1. The van der Waals surface area contributed by atoms with E-state index in [9.17, 15) is 0 Å². The van der Waals surface area contributed by atoms with Crippen molar-refractivity contribution < 1.29 is 9.47 Å². The molecule has 1 unspecified atom stereocenters. The standard InChI is InChI=1S/C11H21BrO2/c1-4-11(2,10-12)6-9-14-8-5-7-13-3/h4H,1,5-10H2,2-3H3. The normalized spacial score (nSPS) is 15.1. The summed E-state index contributed by atoms with van der Waals surface area (Å²) in [6.07, 6.45) is 3.96. The molecule has 84 valence electrons. The Morgan fingerprint density at radius 2 is 2.07 bits per heavy atom. The SMILES string of the molecule is C=CC(C)(CBr)CCOCCCOC. The summed E-state index contributed by atoms with van der Waals surface area (Å²) in [6, 6.07) is 0. The summed E-state index contributed by atoms with van der Waals surface area (Å²) in [6.45, 7) is 8.35. The van der Waals surface area contributed by atoms with E-state index in [4.69, 9.17) is 9.47 Å². The van der Waals surface area contributed by atoms with Gasteiger partial charge < -0.3 is 9.47 Å². The molecule has 0 bridgehead atoms. The molecule has 0 amide bonds. The minimum atomic E-state index is 0.154. The van der Waals surface area contributed by atoms with Gasteiger partial charge in [-0.3, -0.25) is 0 Å². The zero-order valence-electron chi connectivity index (χ0n) is 9.22. The highest BCUT2D eigenvalue weighted by Crippen LogP contribution is 2.24. The first-order valence-electron chi connectivity index (χ1n) is 4.95. The molecule has 0 saturated carbocycles. The van der Waals surface area contributed by atoms with Crippen LogP contribution in [0.2, 0.25) is 0 Å². The molecule has 0 rings (SSSR count). The Morgan fingerprint density at radius 1 is 1.36 bits per heavy atom. The van der Waals surface area contributed by atoms with Crippen molar-refractivity contribution in [2.24, 2.45) is 5.41 Å². The van der Waals surface area contributed by atoms with E-state index in [2.05, 4.69) is 29.4 Å². The molecule has 0 aliphatic rings. The Morgan fingerprint density at radius 3 is 2.57 bits per heavy atom. The summed E-state index contributed by atoms with van der Waals surface area (Å²) in [7, 11) is 1.71. The van der Waals surface area contributed by atoms with Gasteiger partial charge in [-0.25, -0.2) is 0 Å². The lowest BCUT2D eigenvalue weighted by atomic mass is 9.90. The lowest BCUT2D eigenvalue weighted by Gasteiger charge is -2.22. The molecule has 0 aromatic carbocycles. The summed E-state index contributed by atoms with van der Waals surface area (Å²) in [5.74, 6) is 0. The third-order valence-electron chi connectivity index (χ3n) is 2.25. The van der Waals surface area contributed by atoms with Gasteiger partial charge in [0.25, 0.3) is 0 Å². The van der Waals surface area contributed by atoms with Gasteiger partial charge in [0.2, 0.25) is 0 Å². The Hall–Kier alpha value is 0.140. The molecule has 0 aromatic heterocycles. The first-order chi connectivity index (χ1) is 6.68. The van der Waals surface area contributed by atoms with E-state index in [1.54, 1.807) is 7.11 Å². The molecule has 14 heavy (non-hydrogen) atoms. The molecule has 0 aromatic rings. The van der Waals surface area contributed by atoms with Crippen molar-refractivity contribution in [2.75, 3.05) is 32.3 Å². The lowest BCUT2D eigenvalue weighted by Crippen LogP contribution is -2.17. The predicted molar refractivity (Wildman–Crippen MR) is 64.0 cm³/mol. The number of ether oxygens (including phenoxy) is 2. The maximum atomic E-state index is 5.49. The van der Waals surface area contributed by atoms with Gasteiger partial charge in [-0.15, -0.1) is 6.58 Å². The Balaban J connectivity index is 3.38. The number of rotatable bonds is 9. The van der Waals surface area contributed by atoms with Gasteiger partial charge in [-0.05, 0) is 18.3 Å². The summed E-state index contributed by atoms with van der Waals surface area (Å²) >= 11 is 3.48. The third-order valence-corrected chi connectivity index (χ3v) is 3.53. The van der Waals surface area contributed by atoms with E-state index in [0.29, 0.717) is 0 Å². The van der Waals surface area contributed by atoms with Crippen molar-refractivity contribution in [1.29, 1.82) is 0 Å². The monoisotopic (exact) mass is 264 g/mol. The molecular weight excluding hydrogens is 244 g/mol. The van der Waals surface area contributed by atoms with Crippen LogP contribution in [0.5, 0.6) is 0 Å². The highest BCUT2D eigenvalue weighted by molar-refractivity contribution is 9.09. The van der Waals surface area contributed by atoms with Gasteiger partial charge in [0.1, 0.15) is 0 Å². The fourth-order valence-corrected chi connectivity index (χ4v) is 1.45. The second-order valence-electron chi connectivity index (χ2n) is 3.70. The van der Waals surface area contributed by atoms with Crippen LogP contribution >= 0.6 is 15.9 Å². The van der Waals surface area contributed by atoms with E-state index in [1.165, 1.54) is 0 Å². The largest absolute Gasteiger partial charge is 0.385 e. The minimum absolute atomic E-state index is 0.154. The number of halogens is 1. The Kier molecular flexibility index (Phi) is 8.53. The molecular formula is C11H21BrO2. The second-order valence-corrected chi connectivity index (χ2v) is 4.26. The summed E-state index contributed by atoms with van der Waals surface area (Å²) in [5, 5.41) is 0.935. The first kappa shape index (κ1) is 14.1. The second kappa shape index (κ2) is 8.45. The van der Waals surface area contributed by atoms with Crippen LogP contribution in [0.4, 0.5) is 0 Å². The fourth-order valence-electron chi connectivity index (χ4n) is 0.936. The molecule has 0 aliphatic heterocycles. The smallest absolute Gasteiger partial charge is 0.0487 e. The minimum Gasteiger partial charge on any atom is -0.385 e. The molecule has 1 atom stereocenters. The van der Waals surface area contributed by atoms with Crippen LogP contribution in [0.3, 0.4) is 0 Å². The van der Waals surface area contributed by atoms with Gasteiger partial charge >= 0.3 is 0 Å². The maximum Gasteiger partial charge on any atom is 0.0487 e. The van der Waals surface area contributed by atoms with Crippen molar-refractivity contribution in [3.8, 4) is 0 Å². The topological polar surface area (TPSA) is 18.5 Å².